The zero-order chi connectivity index (χ0) is 8.97. The lowest BCUT2D eigenvalue weighted by Gasteiger charge is -2.35. The summed E-state index contributed by atoms with van der Waals surface area (Å²) in [6, 6.07) is 0. The monoisotopic (exact) mass is 168 g/mol. The Labute approximate surface area is 77.7 Å². The summed E-state index contributed by atoms with van der Waals surface area (Å²) in [5, 5.41) is 0. The molecule has 72 valence electrons. The standard InChI is InChI=1S/C12H24/c1-4-10-7-8-11(5-2)12(6-3)9-10/h10-12H,4-9H2,1-3H3/t10-,11+,12+/m1/s1. The molecule has 0 radical (unpaired) electrons. The van der Waals surface area contributed by atoms with Gasteiger partial charge in [0.1, 0.15) is 0 Å². The predicted molar refractivity (Wildman–Crippen MR) is 55.2 cm³/mol. The Bertz CT molecular complexity index is 117. The maximum absolute atomic E-state index is 2.37. The summed E-state index contributed by atoms with van der Waals surface area (Å²) in [5.74, 6) is 3.16. The highest BCUT2D eigenvalue weighted by atomic mass is 14.3. The van der Waals surface area contributed by atoms with Crippen LogP contribution in [-0.2, 0) is 0 Å². The van der Waals surface area contributed by atoms with E-state index in [0.29, 0.717) is 0 Å². The minimum absolute atomic E-state index is 1.05. The Morgan fingerprint density at radius 3 is 2.00 bits per heavy atom. The molecule has 0 aromatic carbocycles. The molecule has 1 fully saturated rings. The third-order valence-corrected chi connectivity index (χ3v) is 3.87. The molecule has 0 spiro atoms. The lowest BCUT2D eigenvalue weighted by atomic mass is 9.71. The molecule has 0 N–H and O–H groups in total. The van der Waals surface area contributed by atoms with Gasteiger partial charge in [-0.1, -0.05) is 46.5 Å². The van der Waals surface area contributed by atoms with Crippen molar-refractivity contribution in [1.82, 2.24) is 0 Å². The Morgan fingerprint density at radius 1 is 0.833 bits per heavy atom. The van der Waals surface area contributed by atoms with E-state index in [0.717, 1.165) is 17.8 Å². The summed E-state index contributed by atoms with van der Waals surface area (Å²) in [4.78, 5) is 0. The minimum Gasteiger partial charge on any atom is -0.0651 e. The molecule has 0 aromatic rings. The van der Waals surface area contributed by atoms with Crippen molar-refractivity contribution in [3.05, 3.63) is 0 Å². The first-order chi connectivity index (χ1) is 5.81. The van der Waals surface area contributed by atoms with Gasteiger partial charge in [0, 0.05) is 0 Å². The van der Waals surface area contributed by atoms with Crippen molar-refractivity contribution in [3.63, 3.8) is 0 Å². The van der Waals surface area contributed by atoms with Gasteiger partial charge in [-0.3, -0.25) is 0 Å². The van der Waals surface area contributed by atoms with Gasteiger partial charge >= 0.3 is 0 Å². The summed E-state index contributed by atoms with van der Waals surface area (Å²) in [7, 11) is 0. The number of hydrogen-bond donors (Lipinski definition) is 0. The van der Waals surface area contributed by atoms with Crippen molar-refractivity contribution in [3.8, 4) is 0 Å². The predicted octanol–water partition coefficient (Wildman–Crippen LogP) is 4.25. The Balaban J connectivity index is 2.41. The second-order valence-electron chi connectivity index (χ2n) is 4.42. The van der Waals surface area contributed by atoms with Gasteiger partial charge in [-0.05, 0) is 30.6 Å². The molecule has 0 bridgehead atoms. The third-order valence-electron chi connectivity index (χ3n) is 3.87. The van der Waals surface area contributed by atoms with Gasteiger partial charge in [0.05, 0.1) is 0 Å². The highest BCUT2D eigenvalue weighted by Crippen LogP contribution is 2.38. The number of rotatable bonds is 3. The Kier molecular flexibility index (Phi) is 4.11. The molecule has 12 heavy (non-hydrogen) atoms. The van der Waals surface area contributed by atoms with Gasteiger partial charge in [0.15, 0.2) is 0 Å². The van der Waals surface area contributed by atoms with Crippen LogP contribution in [-0.4, -0.2) is 0 Å². The molecule has 0 heterocycles. The van der Waals surface area contributed by atoms with Crippen LogP contribution in [0.5, 0.6) is 0 Å². The fourth-order valence-electron chi connectivity index (χ4n) is 2.83. The van der Waals surface area contributed by atoms with Crippen LogP contribution in [0.4, 0.5) is 0 Å². The van der Waals surface area contributed by atoms with E-state index >= 15 is 0 Å². The Morgan fingerprint density at radius 2 is 1.50 bits per heavy atom. The van der Waals surface area contributed by atoms with Crippen LogP contribution in [0.25, 0.3) is 0 Å². The smallest absolute Gasteiger partial charge is 0.0386 e. The average molecular weight is 168 g/mol. The topological polar surface area (TPSA) is 0 Å². The largest absolute Gasteiger partial charge is 0.0651 e. The van der Waals surface area contributed by atoms with Gasteiger partial charge in [-0.15, -0.1) is 0 Å². The molecular weight excluding hydrogens is 144 g/mol. The molecule has 0 nitrogen and oxygen atoms in total. The molecule has 0 aliphatic heterocycles. The summed E-state index contributed by atoms with van der Waals surface area (Å²) >= 11 is 0. The van der Waals surface area contributed by atoms with Crippen molar-refractivity contribution >= 4 is 0 Å². The first kappa shape index (κ1) is 10.1. The van der Waals surface area contributed by atoms with E-state index in [2.05, 4.69) is 20.8 Å². The van der Waals surface area contributed by atoms with Gasteiger partial charge in [0.2, 0.25) is 0 Å². The molecular formula is C12H24. The molecule has 3 atom stereocenters. The summed E-state index contributed by atoms with van der Waals surface area (Å²) in [5.41, 5.74) is 0. The Hall–Kier alpha value is 0. The molecule has 1 rings (SSSR count). The third kappa shape index (κ3) is 2.24. The second-order valence-corrected chi connectivity index (χ2v) is 4.42. The van der Waals surface area contributed by atoms with E-state index < -0.39 is 0 Å². The van der Waals surface area contributed by atoms with E-state index in [1.54, 1.807) is 0 Å². The lowest BCUT2D eigenvalue weighted by molar-refractivity contribution is 0.167. The molecule has 0 heteroatoms. The molecule has 1 aliphatic rings. The van der Waals surface area contributed by atoms with Gasteiger partial charge < -0.3 is 0 Å². The summed E-state index contributed by atoms with van der Waals surface area (Å²) < 4.78 is 0. The van der Waals surface area contributed by atoms with E-state index in [4.69, 9.17) is 0 Å². The molecule has 1 saturated carbocycles. The number of hydrogen-bond acceptors (Lipinski definition) is 0. The molecule has 0 unspecified atom stereocenters. The normalized spacial score (nSPS) is 36.8. The average Bonchev–Trinajstić information content (AvgIpc) is 2.16. The van der Waals surface area contributed by atoms with Crippen molar-refractivity contribution in [1.29, 1.82) is 0 Å². The fraction of sp³-hybridized carbons (Fsp3) is 1.00. The lowest BCUT2D eigenvalue weighted by Crippen LogP contribution is -2.23. The zero-order valence-electron chi connectivity index (χ0n) is 8.97. The van der Waals surface area contributed by atoms with Crippen LogP contribution in [0, 0.1) is 17.8 Å². The minimum atomic E-state index is 1.05. The quantitative estimate of drug-likeness (QED) is 0.591. The molecule has 1 aliphatic carbocycles. The van der Waals surface area contributed by atoms with Gasteiger partial charge in [0.25, 0.3) is 0 Å². The SMILES string of the molecule is CC[C@@H]1CC[C@H](CC)[C@@H](CC)C1. The van der Waals surface area contributed by atoms with Crippen LogP contribution in [0.2, 0.25) is 0 Å². The van der Waals surface area contributed by atoms with Crippen molar-refractivity contribution in [2.75, 3.05) is 0 Å². The van der Waals surface area contributed by atoms with Gasteiger partial charge in [-0.2, -0.15) is 0 Å². The van der Waals surface area contributed by atoms with Crippen LogP contribution < -0.4 is 0 Å². The van der Waals surface area contributed by atoms with Crippen LogP contribution in [0.15, 0.2) is 0 Å². The molecule has 0 aromatic heterocycles. The molecule has 0 saturated heterocycles. The highest BCUT2D eigenvalue weighted by Gasteiger charge is 2.26. The van der Waals surface area contributed by atoms with Crippen LogP contribution >= 0.6 is 0 Å². The zero-order valence-corrected chi connectivity index (χ0v) is 8.97. The van der Waals surface area contributed by atoms with E-state index in [-0.39, 0.29) is 0 Å². The van der Waals surface area contributed by atoms with Crippen molar-refractivity contribution < 1.29 is 0 Å². The van der Waals surface area contributed by atoms with Crippen molar-refractivity contribution in [2.45, 2.75) is 59.3 Å². The van der Waals surface area contributed by atoms with E-state index in [1.807, 2.05) is 0 Å². The van der Waals surface area contributed by atoms with Crippen LogP contribution in [0.3, 0.4) is 0 Å². The van der Waals surface area contributed by atoms with E-state index in [9.17, 15) is 0 Å². The first-order valence-electron chi connectivity index (χ1n) is 5.81. The van der Waals surface area contributed by atoms with Crippen LogP contribution in [0.1, 0.15) is 59.3 Å². The van der Waals surface area contributed by atoms with Gasteiger partial charge in [-0.25, -0.2) is 0 Å². The summed E-state index contributed by atoms with van der Waals surface area (Å²) in [6.45, 7) is 7.08. The van der Waals surface area contributed by atoms with Crippen molar-refractivity contribution in [2.24, 2.45) is 17.8 Å². The second kappa shape index (κ2) is 4.89. The fourth-order valence-corrected chi connectivity index (χ4v) is 2.83. The maximum atomic E-state index is 2.37. The van der Waals surface area contributed by atoms with E-state index in [1.165, 1.54) is 38.5 Å². The first-order valence-corrected chi connectivity index (χ1v) is 5.81. The highest BCUT2D eigenvalue weighted by molar-refractivity contribution is 4.78. The molecule has 0 amide bonds. The maximum Gasteiger partial charge on any atom is -0.0386 e. The summed E-state index contributed by atoms with van der Waals surface area (Å²) in [6.07, 6.45) is 8.77.